The number of nitrogens with zero attached hydrogens (tertiary/aromatic N) is 3. The fraction of sp³-hybridized carbons (Fsp3) is 0.0800. The first-order valence-corrected chi connectivity index (χ1v) is 12.3. The summed E-state index contributed by atoms with van der Waals surface area (Å²) in [6, 6.07) is 20.4. The number of methoxy groups -OCH3 is 1. The average Bonchev–Trinajstić information content (AvgIpc) is 3.47. The van der Waals surface area contributed by atoms with E-state index in [2.05, 4.69) is 20.5 Å². The molecule has 5 aromatic rings. The molecule has 35 heavy (non-hydrogen) atoms. The lowest BCUT2D eigenvalue weighted by atomic mass is 10.1. The maximum atomic E-state index is 12.8. The topological polar surface area (TPSA) is 84.8 Å². The van der Waals surface area contributed by atoms with E-state index in [4.69, 9.17) is 27.9 Å². The lowest BCUT2D eigenvalue weighted by molar-refractivity contribution is -0.113. The smallest absolute Gasteiger partial charge is 0.234 e. The van der Waals surface area contributed by atoms with Crippen LogP contribution in [0, 0.1) is 0 Å². The van der Waals surface area contributed by atoms with Crippen molar-refractivity contribution in [3.05, 3.63) is 83.0 Å². The minimum atomic E-state index is -0.227. The van der Waals surface area contributed by atoms with Gasteiger partial charge in [0.05, 0.1) is 18.6 Å². The third-order valence-corrected chi connectivity index (χ3v) is 6.73. The molecule has 2 aromatic heterocycles. The Kier molecular flexibility index (Phi) is 6.68. The molecule has 0 radical (unpaired) electrons. The SMILES string of the molecule is COc1ccc(Cl)cc1NC(=O)CSc1nnc(-c2c[nH]c3ccccc23)n1-c1ccc(Cl)cc1. The Balaban J connectivity index is 1.46. The molecular formula is C25H19Cl2N5O2S. The van der Waals surface area contributed by atoms with Crippen LogP contribution in [0.3, 0.4) is 0 Å². The Morgan fingerprint density at radius 3 is 2.63 bits per heavy atom. The molecule has 0 aliphatic rings. The van der Waals surface area contributed by atoms with E-state index >= 15 is 0 Å². The fourth-order valence-corrected chi connectivity index (χ4v) is 4.76. The number of carbonyl (C=O) groups excluding carboxylic acids is 1. The van der Waals surface area contributed by atoms with Crippen molar-refractivity contribution in [1.82, 2.24) is 19.7 Å². The van der Waals surface area contributed by atoms with Gasteiger partial charge in [0, 0.05) is 38.4 Å². The standard InChI is InChI=1S/C25H19Cl2N5O2S/c1-34-22-11-8-16(27)12-21(22)29-23(33)14-35-25-31-30-24(32(25)17-9-6-15(26)7-10-17)19-13-28-20-5-3-2-4-18(19)20/h2-13,28H,14H2,1H3,(H,29,33). The first-order valence-electron chi connectivity index (χ1n) is 10.6. The summed E-state index contributed by atoms with van der Waals surface area (Å²) in [4.78, 5) is 16.0. The van der Waals surface area contributed by atoms with Crippen LogP contribution in [0.2, 0.25) is 10.0 Å². The molecule has 0 aliphatic carbocycles. The number of anilines is 1. The molecule has 0 unspecified atom stereocenters. The third-order valence-electron chi connectivity index (χ3n) is 5.32. The number of fused-ring (bicyclic) bond motifs is 1. The Bertz CT molecular complexity index is 1510. The van der Waals surface area contributed by atoms with Gasteiger partial charge in [-0.3, -0.25) is 9.36 Å². The molecule has 0 fully saturated rings. The Morgan fingerprint density at radius 1 is 1.06 bits per heavy atom. The van der Waals surface area contributed by atoms with E-state index in [1.165, 1.54) is 18.9 Å². The first-order chi connectivity index (χ1) is 17.0. The molecular weight excluding hydrogens is 505 g/mol. The Labute approximate surface area is 215 Å². The van der Waals surface area contributed by atoms with Gasteiger partial charge in [-0.15, -0.1) is 10.2 Å². The van der Waals surface area contributed by atoms with Crippen molar-refractivity contribution >= 4 is 57.5 Å². The maximum Gasteiger partial charge on any atom is 0.234 e. The molecule has 5 rings (SSSR count). The van der Waals surface area contributed by atoms with Gasteiger partial charge >= 0.3 is 0 Å². The predicted molar refractivity (Wildman–Crippen MR) is 141 cm³/mol. The summed E-state index contributed by atoms with van der Waals surface area (Å²) in [7, 11) is 1.54. The number of para-hydroxylation sites is 1. The summed E-state index contributed by atoms with van der Waals surface area (Å²) in [6.07, 6.45) is 1.91. The number of amides is 1. The molecule has 0 spiro atoms. The van der Waals surface area contributed by atoms with E-state index < -0.39 is 0 Å². The van der Waals surface area contributed by atoms with Crippen LogP contribution in [0.4, 0.5) is 5.69 Å². The van der Waals surface area contributed by atoms with Crippen LogP contribution in [0.1, 0.15) is 0 Å². The summed E-state index contributed by atoms with van der Waals surface area (Å²) >= 11 is 13.5. The quantitative estimate of drug-likeness (QED) is 0.239. The molecule has 0 saturated carbocycles. The Morgan fingerprint density at radius 2 is 1.83 bits per heavy atom. The van der Waals surface area contributed by atoms with Crippen LogP contribution in [-0.2, 0) is 4.79 Å². The number of aromatic amines is 1. The van der Waals surface area contributed by atoms with Crippen molar-refractivity contribution in [2.75, 3.05) is 18.2 Å². The van der Waals surface area contributed by atoms with Gasteiger partial charge in [-0.25, -0.2) is 0 Å². The molecule has 0 bridgehead atoms. The van der Waals surface area contributed by atoms with Gasteiger partial charge in [0.1, 0.15) is 5.75 Å². The summed E-state index contributed by atoms with van der Waals surface area (Å²) < 4.78 is 7.23. The van der Waals surface area contributed by atoms with Crippen molar-refractivity contribution in [2.24, 2.45) is 0 Å². The summed E-state index contributed by atoms with van der Waals surface area (Å²) in [5.41, 5.74) is 3.24. The van der Waals surface area contributed by atoms with E-state index in [1.54, 1.807) is 18.2 Å². The monoisotopic (exact) mass is 523 g/mol. The summed E-state index contributed by atoms with van der Waals surface area (Å²) in [5, 5.41) is 14.5. The number of aromatic nitrogens is 4. The summed E-state index contributed by atoms with van der Waals surface area (Å²) in [6.45, 7) is 0. The minimum Gasteiger partial charge on any atom is -0.495 e. The molecule has 10 heteroatoms. The van der Waals surface area contributed by atoms with Gasteiger partial charge in [0.2, 0.25) is 5.91 Å². The van der Waals surface area contributed by atoms with Crippen LogP contribution in [-0.4, -0.2) is 38.5 Å². The van der Waals surface area contributed by atoms with Gasteiger partial charge < -0.3 is 15.0 Å². The number of benzene rings is 3. The van der Waals surface area contributed by atoms with Crippen LogP contribution in [0.5, 0.6) is 5.75 Å². The predicted octanol–water partition coefficient (Wildman–Crippen LogP) is 6.46. The second-order valence-electron chi connectivity index (χ2n) is 7.55. The zero-order valence-corrected chi connectivity index (χ0v) is 20.8. The highest BCUT2D eigenvalue weighted by atomic mass is 35.5. The number of hydrogen-bond donors (Lipinski definition) is 2. The molecule has 0 aliphatic heterocycles. The molecule has 2 heterocycles. The normalized spacial score (nSPS) is 11.1. The summed E-state index contributed by atoms with van der Waals surface area (Å²) in [5.74, 6) is 1.06. The molecule has 176 valence electrons. The maximum absolute atomic E-state index is 12.8. The van der Waals surface area contributed by atoms with Crippen molar-refractivity contribution < 1.29 is 9.53 Å². The van der Waals surface area contributed by atoms with E-state index in [9.17, 15) is 4.79 Å². The van der Waals surface area contributed by atoms with Crippen LogP contribution < -0.4 is 10.1 Å². The van der Waals surface area contributed by atoms with Crippen molar-refractivity contribution in [2.45, 2.75) is 5.16 Å². The van der Waals surface area contributed by atoms with Crippen LogP contribution >= 0.6 is 35.0 Å². The highest BCUT2D eigenvalue weighted by Gasteiger charge is 2.20. The van der Waals surface area contributed by atoms with E-state index in [-0.39, 0.29) is 11.7 Å². The second-order valence-corrected chi connectivity index (χ2v) is 9.36. The highest BCUT2D eigenvalue weighted by Crippen LogP contribution is 2.33. The number of thioether (sulfide) groups is 1. The van der Waals surface area contributed by atoms with E-state index in [0.717, 1.165) is 22.2 Å². The molecule has 7 nitrogen and oxygen atoms in total. The third kappa shape index (κ3) is 4.86. The molecule has 0 saturated heterocycles. The van der Waals surface area contributed by atoms with Gasteiger partial charge in [0.25, 0.3) is 0 Å². The van der Waals surface area contributed by atoms with E-state index in [1.807, 2.05) is 59.3 Å². The molecule has 0 atom stereocenters. The highest BCUT2D eigenvalue weighted by molar-refractivity contribution is 7.99. The molecule has 1 amide bonds. The number of halogens is 2. The van der Waals surface area contributed by atoms with Gasteiger partial charge in [-0.2, -0.15) is 0 Å². The number of rotatable bonds is 7. The van der Waals surface area contributed by atoms with Gasteiger partial charge in [-0.05, 0) is 48.5 Å². The number of H-pyrrole nitrogens is 1. The lowest BCUT2D eigenvalue weighted by Gasteiger charge is -2.12. The minimum absolute atomic E-state index is 0.106. The largest absolute Gasteiger partial charge is 0.495 e. The van der Waals surface area contributed by atoms with Gasteiger partial charge in [-0.1, -0.05) is 53.2 Å². The fourth-order valence-electron chi connectivity index (χ4n) is 3.71. The molecule has 3 aromatic carbocycles. The van der Waals surface area contributed by atoms with Crippen molar-refractivity contribution in [1.29, 1.82) is 0 Å². The van der Waals surface area contributed by atoms with Gasteiger partial charge in [0.15, 0.2) is 11.0 Å². The average molecular weight is 524 g/mol. The number of hydrogen-bond acceptors (Lipinski definition) is 5. The Hall–Kier alpha value is -3.46. The molecule has 2 N–H and O–H groups in total. The van der Waals surface area contributed by atoms with Crippen LogP contribution in [0.25, 0.3) is 28.0 Å². The van der Waals surface area contributed by atoms with Crippen molar-refractivity contribution in [3.63, 3.8) is 0 Å². The van der Waals surface area contributed by atoms with Crippen molar-refractivity contribution in [3.8, 4) is 22.8 Å². The lowest BCUT2D eigenvalue weighted by Crippen LogP contribution is -2.15. The van der Waals surface area contributed by atoms with E-state index in [0.29, 0.717) is 32.5 Å². The number of carbonyl (C=O) groups is 1. The zero-order valence-electron chi connectivity index (χ0n) is 18.5. The second kappa shape index (κ2) is 10.0. The zero-order chi connectivity index (χ0) is 24.4. The first kappa shape index (κ1) is 23.3. The number of nitrogens with one attached hydrogen (secondary N) is 2. The number of ether oxygens (including phenoxy) is 1. The van der Waals surface area contributed by atoms with Crippen LogP contribution in [0.15, 0.2) is 78.1 Å².